The molecule has 1 heterocycles. The molecule has 0 aromatic heterocycles. The Hall–Kier alpha value is -3.74. The minimum atomic E-state index is -0.393. The fourth-order valence-corrected chi connectivity index (χ4v) is 4.12. The zero-order valence-electron chi connectivity index (χ0n) is 18.8. The molecular weight excluding hydrogens is 425 g/mol. The van der Waals surface area contributed by atoms with Gasteiger partial charge in [0.2, 0.25) is 0 Å². The molecule has 1 amide bonds. The minimum absolute atomic E-state index is 0.191. The second kappa shape index (κ2) is 9.81. The summed E-state index contributed by atoms with van der Waals surface area (Å²) in [6, 6.07) is 16.4. The van der Waals surface area contributed by atoms with E-state index in [0.717, 1.165) is 11.1 Å². The topological polar surface area (TPSA) is 57.2 Å². The Kier molecular flexibility index (Phi) is 6.68. The van der Waals surface area contributed by atoms with Crippen molar-refractivity contribution >= 4 is 5.91 Å². The molecule has 1 aliphatic heterocycles. The molecule has 172 valence electrons. The van der Waals surface area contributed by atoms with Crippen molar-refractivity contribution in [1.82, 2.24) is 4.90 Å². The van der Waals surface area contributed by atoms with Crippen LogP contribution < -0.4 is 18.9 Å². The average molecular weight is 451 g/mol. The lowest BCUT2D eigenvalue weighted by Gasteiger charge is -2.37. The number of carbonyl (C=O) groups is 1. The summed E-state index contributed by atoms with van der Waals surface area (Å²) in [7, 11) is 4.76. The Morgan fingerprint density at radius 1 is 0.909 bits per heavy atom. The lowest BCUT2D eigenvalue weighted by Crippen LogP contribution is -2.42. The number of para-hydroxylation sites is 2. The standard InChI is InChI=1S/C26H26FNO5/c1-30-22-6-4-5-7-23(22)33-16-21-20-15-25(32-3)24(31-2)14-18(20)12-13-28(21)26(29)17-8-10-19(27)11-9-17/h4-11,14-15,21H,12-13,16H2,1-3H3. The highest BCUT2D eigenvalue weighted by Gasteiger charge is 2.33. The zero-order chi connectivity index (χ0) is 23.4. The van der Waals surface area contributed by atoms with E-state index in [1.807, 2.05) is 36.4 Å². The summed E-state index contributed by atoms with van der Waals surface area (Å²) in [4.78, 5) is 15.2. The maximum atomic E-state index is 13.4. The fraction of sp³-hybridized carbons (Fsp3) is 0.269. The van der Waals surface area contributed by atoms with Crippen molar-refractivity contribution in [3.63, 3.8) is 0 Å². The number of fused-ring (bicyclic) bond motifs is 1. The molecule has 1 unspecified atom stereocenters. The zero-order valence-corrected chi connectivity index (χ0v) is 18.8. The van der Waals surface area contributed by atoms with Gasteiger partial charge in [-0.15, -0.1) is 0 Å². The number of hydrogen-bond acceptors (Lipinski definition) is 5. The number of carbonyl (C=O) groups excluding carboxylic acids is 1. The number of halogens is 1. The SMILES string of the molecule is COc1cc2c(cc1OC)C(COc1ccccc1OC)N(C(=O)c1ccc(F)cc1)CC2. The highest BCUT2D eigenvalue weighted by molar-refractivity contribution is 5.94. The van der Waals surface area contributed by atoms with Crippen LogP contribution >= 0.6 is 0 Å². The van der Waals surface area contributed by atoms with Crippen molar-refractivity contribution in [3.8, 4) is 23.0 Å². The van der Waals surface area contributed by atoms with Gasteiger partial charge in [-0.25, -0.2) is 4.39 Å². The lowest BCUT2D eigenvalue weighted by molar-refractivity contribution is 0.0587. The molecule has 33 heavy (non-hydrogen) atoms. The molecule has 0 fully saturated rings. The van der Waals surface area contributed by atoms with E-state index >= 15 is 0 Å². The third-order valence-corrected chi connectivity index (χ3v) is 5.82. The van der Waals surface area contributed by atoms with E-state index in [1.54, 1.807) is 26.2 Å². The van der Waals surface area contributed by atoms with Crippen molar-refractivity contribution in [1.29, 1.82) is 0 Å². The van der Waals surface area contributed by atoms with Gasteiger partial charge in [-0.05, 0) is 66.1 Å². The summed E-state index contributed by atoms with van der Waals surface area (Å²) in [5.74, 6) is 1.83. The number of rotatable bonds is 7. The lowest BCUT2D eigenvalue weighted by atomic mass is 9.91. The molecule has 0 radical (unpaired) electrons. The second-order valence-electron chi connectivity index (χ2n) is 7.64. The second-order valence-corrected chi connectivity index (χ2v) is 7.64. The summed E-state index contributed by atoms with van der Waals surface area (Å²) in [6.07, 6.45) is 0.647. The molecule has 1 aliphatic rings. The van der Waals surface area contributed by atoms with Crippen molar-refractivity contribution < 1.29 is 28.1 Å². The van der Waals surface area contributed by atoms with Crippen molar-refractivity contribution in [2.45, 2.75) is 12.5 Å². The molecule has 3 aromatic carbocycles. The maximum absolute atomic E-state index is 13.4. The third kappa shape index (κ3) is 4.58. The summed E-state index contributed by atoms with van der Waals surface area (Å²) < 4.78 is 35.9. The predicted octanol–water partition coefficient (Wildman–Crippen LogP) is 4.67. The Morgan fingerprint density at radius 2 is 1.55 bits per heavy atom. The van der Waals surface area contributed by atoms with E-state index in [0.29, 0.717) is 41.5 Å². The summed E-state index contributed by atoms with van der Waals surface area (Å²) in [5, 5.41) is 0. The predicted molar refractivity (Wildman–Crippen MR) is 122 cm³/mol. The normalized spacial score (nSPS) is 14.9. The van der Waals surface area contributed by atoms with Gasteiger partial charge in [-0.2, -0.15) is 0 Å². The highest BCUT2D eigenvalue weighted by atomic mass is 19.1. The summed E-state index contributed by atoms with van der Waals surface area (Å²) >= 11 is 0. The van der Waals surface area contributed by atoms with Gasteiger partial charge >= 0.3 is 0 Å². The average Bonchev–Trinajstić information content (AvgIpc) is 2.86. The summed E-state index contributed by atoms with van der Waals surface area (Å²) in [6.45, 7) is 0.689. The van der Waals surface area contributed by atoms with E-state index < -0.39 is 6.04 Å². The first-order valence-corrected chi connectivity index (χ1v) is 10.6. The number of amides is 1. The molecule has 3 aromatic rings. The van der Waals surface area contributed by atoms with Gasteiger partial charge in [-0.1, -0.05) is 12.1 Å². The Morgan fingerprint density at radius 3 is 2.21 bits per heavy atom. The van der Waals surface area contributed by atoms with Crippen LogP contribution in [-0.2, 0) is 6.42 Å². The molecule has 0 N–H and O–H groups in total. The Balaban J connectivity index is 1.71. The van der Waals surface area contributed by atoms with Crippen molar-refractivity contribution in [2.24, 2.45) is 0 Å². The van der Waals surface area contributed by atoms with Gasteiger partial charge in [0, 0.05) is 12.1 Å². The Bertz CT molecular complexity index is 1130. The van der Waals surface area contributed by atoms with Crippen molar-refractivity contribution in [3.05, 3.63) is 83.2 Å². The van der Waals surface area contributed by atoms with Gasteiger partial charge in [0.15, 0.2) is 23.0 Å². The van der Waals surface area contributed by atoms with Crippen LogP contribution in [0.5, 0.6) is 23.0 Å². The monoisotopic (exact) mass is 451 g/mol. The van der Waals surface area contributed by atoms with Crippen LogP contribution in [0.1, 0.15) is 27.5 Å². The van der Waals surface area contributed by atoms with Crippen molar-refractivity contribution in [2.75, 3.05) is 34.5 Å². The largest absolute Gasteiger partial charge is 0.493 e. The number of ether oxygens (including phenoxy) is 4. The fourth-order valence-electron chi connectivity index (χ4n) is 4.12. The third-order valence-electron chi connectivity index (χ3n) is 5.82. The first-order chi connectivity index (χ1) is 16.0. The van der Waals surface area contributed by atoms with Crippen LogP contribution in [0.2, 0.25) is 0 Å². The molecular formula is C26H26FNO5. The van der Waals surface area contributed by atoms with Gasteiger partial charge in [0.05, 0.1) is 27.4 Å². The van der Waals surface area contributed by atoms with Crippen LogP contribution in [0.4, 0.5) is 4.39 Å². The number of methoxy groups -OCH3 is 3. The summed E-state index contributed by atoms with van der Waals surface area (Å²) in [5.41, 5.74) is 2.40. The first kappa shape index (κ1) is 22.5. The number of hydrogen-bond donors (Lipinski definition) is 0. The van der Waals surface area contributed by atoms with Crippen LogP contribution in [0.3, 0.4) is 0 Å². The number of nitrogens with zero attached hydrogens (tertiary/aromatic N) is 1. The van der Waals surface area contributed by atoms with Crippen LogP contribution in [-0.4, -0.2) is 45.3 Å². The first-order valence-electron chi connectivity index (χ1n) is 10.6. The van der Waals surface area contributed by atoms with E-state index in [1.165, 1.54) is 24.3 Å². The Labute approximate surface area is 192 Å². The quantitative estimate of drug-likeness (QED) is 0.523. The van der Waals surface area contributed by atoms with E-state index in [-0.39, 0.29) is 18.3 Å². The molecule has 6 nitrogen and oxygen atoms in total. The maximum Gasteiger partial charge on any atom is 0.254 e. The molecule has 7 heteroatoms. The van der Waals surface area contributed by atoms with Crippen LogP contribution in [0.25, 0.3) is 0 Å². The van der Waals surface area contributed by atoms with Gasteiger partial charge < -0.3 is 23.8 Å². The van der Waals surface area contributed by atoms with Gasteiger partial charge in [-0.3, -0.25) is 4.79 Å². The van der Waals surface area contributed by atoms with E-state index in [2.05, 4.69) is 0 Å². The molecule has 1 atom stereocenters. The van der Waals surface area contributed by atoms with E-state index in [4.69, 9.17) is 18.9 Å². The molecule has 4 rings (SSSR count). The number of benzene rings is 3. The molecule has 0 saturated carbocycles. The van der Waals surface area contributed by atoms with Gasteiger partial charge in [0.1, 0.15) is 12.4 Å². The minimum Gasteiger partial charge on any atom is -0.493 e. The molecule has 0 aliphatic carbocycles. The highest BCUT2D eigenvalue weighted by Crippen LogP contribution is 2.39. The van der Waals surface area contributed by atoms with E-state index in [9.17, 15) is 9.18 Å². The molecule has 0 bridgehead atoms. The van der Waals surface area contributed by atoms with Crippen LogP contribution in [0, 0.1) is 5.82 Å². The molecule has 0 saturated heterocycles. The molecule has 0 spiro atoms. The van der Waals surface area contributed by atoms with Gasteiger partial charge in [0.25, 0.3) is 5.91 Å². The smallest absolute Gasteiger partial charge is 0.254 e. The van der Waals surface area contributed by atoms with Crippen LogP contribution in [0.15, 0.2) is 60.7 Å².